The van der Waals surface area contributed by atoms with Crippen molar-refractivity contribution in [3.63, 3.8) is 0 Å². The molecule has 1 aliphatic rings. The van der Waals surface area contributed by atoms with Crippen molar-refractivity contribution in [1.29, 1.82) is 0 Å². The number of phenolic OH excluding ortho intramolecular Hbond substituents is 1. The number of halogens is 3. The molecule has 0 saturated heterocycles. The monoisotopic (exact) mass is 568 g/mol. The van der Waals surface area contributed by atoms with Gasteiger partial charge in [0.2, 0.25) is 0 Å². The van der Waals surface area contributed by atoms with Gasteiger partial charge in [0.05, 0.1) is 0 Å². The number of aromatic nitrogens is 2. The minimum atomic E-state index is -0.788. The van der Waals surface area contributed by atoms with Crippen molar-refractivity contribution in [2.24, 2.45) is 0 Å². The van der Waals surface area contributed by atoms with Crippen LogP contribution in [0.4, 0.5) is 15.9 Å². The third kappa shape index (κ3) is 5.76. The van der Waals surface area contributed by atoms with Gasteiger partial charge in [0.25, 0.3) is 0 Å². The summed E-state index contributed by atoms with van der Waals surface area (Å²) in [6.07, 6.45) is 10.1. The predicted octanol–water partition coefficient (Wildman–Crippen LogP) is 4.45. The third-order valence-electron chi connectivity index (χ3n) is 5.99. The van der Waals surface area contributed by atoms with Gasteiger partial charge in [-0.25, -0.2) is 0 Å². The van der Waals surface area contributed by atoms with E-state index in [1.807, 2.05) is 19.1 Å². The topological polar surface area (TPSA) is 52.1 Å². The summed E-state index contributed by atoms with van der Waals surface area (Å²) in [4.78, 5) is 0. The molecule has 2 aromatic carbocycles. The Balaban J connectivity index is 1.65. The number of H-pyrrole nitrogens is 1. The van der Waals surface area contributed by atoms with Crippen molar-refractivity contribution in [3.8, 4) is 5.75 Å². The van der Waals surface area contributed by atoms with E-state index >= 15 is 0 Å². The molecule has 172 valence electrons. The predicted molar refractivity (Wildman–Crippen MR) is 123 cm³/mol. The van der Waals surface area contributed by atoms with Gasteiger partial charge in [-0.3, -0.25) is 0 Å². The van der Waals surface area contributed by atoms with Crippen LogP contribution in [0.15, 0.2) is 42.5 Å². The fourth-order valence-electron chi connectivity index (χ4n) is 4.19. The Labute approximate surface area is 204 Å². The van der Waals surface area contributed by atoms with Gasteiger partial charge in [-0.15, -0.1) is 0 Å². The van der Waals surface area contributed by atoms with Crippen LogP contribution in [-0.4, -0.2) is 15.3 Å². The van der Waals surface area contributed by atoms with E-state index < -0.39 is 27.3 Å². The molecule has 1 aromatic heterocycles. The van der Waals surface area contributed by atoms with Crippen LogP contribution in [0.1, 0.15) is 68.5 Å². The number of hydrogen-bond donors (Lipinski definition) is 2. The quantitative estimate of drug-likeness (QED) is 0.353. The molecule has 0 amide bonds. The van der Waals surface area contributed by atoms with E-state index in [2.05, 4.69) is 25.4 Å². The van der Waals surface area contributed by atoms with Crippen LogP contribution >= 0.6 is 11.6 Å². The maximum absolute atomic E-state index is 13.7. The molecule has 0 aliphatic heterocycles. The number of benzene rings is 2. The van der Waals surface area contributed by atoms with Gasteiger partial charge in [-0.2, -0.15) is 0 Å². The summed E-state index contributed by atoms with van der Waals surface area (Å²) < 4.78 is 16.9. The molecular formula is C25H29ClFIN3O-. The molecule has 0 spiro atoms. The average molecular weight is 569 g/mol. The van der Waals surface area contributed by atoms with Gasteiger partial charge in [0.15, 0.2) is 0 Å². The van der Waals surface area contributed by atoms with Gasteiger partial charge in [-0.1, -0.05) is 0 Å². The first-order valence-corrected chi connectivity index (χ1v) is 13.7. The van der Waals surface area contributed by atoms with Crippen LogP contribution in [0.25, 0.3) is 0 Å². The molecule has 1 heterocycles. The summed E-state index contributed by atoms with van der Waals surface area (Å²) in [6.45, 7) is 2.01. The van der Waals surface area contributed by atoms with Crippen LogP contribution < -0.4 is 24.6 Å². The summed E-state index contributed by atoms with van der Waals surface area (Å²) in [7, 11) is 0. The molecule has 32 heavy (non-hydrogen) atoms. The summed E-state index contributed by atoms with van der Waals surface area (Å²) in [6, 6.07) is 12.6. The Morgan fingerprint density at radius 1 is 1.03 bits per heavy atom. The van der Waals surface area contributed by atoms with E-state index in [0.29, 0.717) is 11.6 Å². The summed E-state index contributed by atoms with van der Waals surface area (Å²) in [5.41, 5.74) is 2.98. The number of anilines is 2. The number of hydrogen-bond acceptors (Lipinski definition) is 3. The molecule has 1 fully saturated rings. The van der Waals surface area contributed by atoms with Crippen LogP contribution in [-0.2, 0) is 0 Å². The van der Waals surface area contributed by atoms with Crippen molar-refractivity contribution in [1.82, 2.24) is 10.2 Å². The Morgan fingerprint density at radius 2 is 1.75 bits per heavy atom. The second-order valence-electron chi connectivity index (χ2n) is 8.50. The molecule has 2 N–H and O–H groups in total. The van der Waals surface area contributed by atoms with E-state index in [0.717, 1.165) is 25.7 Å². The molecule has 0 unspecified atom stereocenters. The molecule has 1 aliphatic carbocycles. The molecule has 0 radical (unpaired) electrons. The zero-order chi connectivity index (χ0) is 22.5. The van der Waals surface area contributed by atoms with E-state index in [9.17, 15) is 9.50 Å². The fraction of sp³-hybridized carbons (Fsp3) is 0.400. The molecule has 1 saturated carbocycles. The van der Waals surface area contributed by atoms with Gasteiger partial charge in [0.1, 0.15) is 0 Å². The van der Waals surface area contributed by atoms with E-state index in [-0.39, 0.29) is 5.75 Å². The first-order chi connectivity index (χ1) is 15.5. The minimum absolute atomic E-state index is 0.362. The number of nitrogens with one attached hydrogen (secondary N) is 1. The molecule has 0 atom stereocenters. The zero-order valence-electron chi connectivity index (χ0n) is 18.3. The summed E-state index contributed by atoms with van der Waals surface area (Å²) in [5.74, 6) is 0.279. The van der Waals surface area contributed by atoms with Crippen molar-refractivity contribution < 1.29 is 31.0 Å². The van der Waals surface area contributed by atoms with Crippen LogP contribution in [0.3, 0.4) is 0 Å². The van der Waals surface area contributed by atoms with Crippen LogP contribution in [0.5, 0.6) is 5.75 Å². The number of nitrogens with zero attached hydrogens (tertiary/aromatic N) is 2. The van der Waals surface area contributed by atoms with E-state index in [1.165, 1.54) is 63.5 Å². The summed E-state index contributed by atoms with van der Waals surface area (Å²) in [5, 5.41) is 18.7. The number of aromatic hydroxyl groups is 1. The maximum atomic E-state index is 13.7. The first kappa shape index (κ1) is 23.4. The van der Waals surface area contributed by atoms with Gasteiger partial charge in [-0.05, 0) is 0 Å². The molecule has 4 nitrogen and oxygen atoms in total. The normalized spacial score (nSPS) is 15.8. The standard InChI is InChI=1S/C25H29ClFIN3O/c1-17-10-13-22(20(26)14-17)28-31(19-11-12-21(27)24(32)15-19)25-16-23(29-30-25)18-8-6-4-2-3-5-7-9-18/h10-16,18,32H,2-9H2,1H3,(H,29,30)/q-1. The molecule has 3 aromatic rings. The van der Waals surface area contributed by atoms with Crippen molar-refractivity contribution >= 4 is 23.1 Å². The van der Waals surface area contributed by atoms with Gasteiger partial charge in [0, 0.05) is 0 Å². The average Bonchev–Trinajstić information content (AvgIpc) is 3.29. The van der Waals surface area contributed by atoms with Crippen molar-refractivity contribution in [3.05, 3.63) is 68.1 Å². The Morgan fingerprint density at radius 3 is 2.44 bits per heavy atom. The Kier molecular flexibility index (Phi) is 7.94. The molecule has 7 heteroatoms. The van der Waals surface area contributed by atoms with Crippen molar-refractivity contribution in [2.75, 3.05) is 3.11 Å². The fourth-order valence-corrected chi connectivity index (χ4v) is 6.96. The van der Waals surface area contributed by atoms with E-state index in [1.54, 1.807) is 6.07 Å². The van der Waals surface area contributed by atoms with Gasteiger partial charge >= 0.3 is 205 Å². The second kappa shape index (κ2) is 10.9. The number of aromatic amines is 1. The second-order valence-corrected chi connectivity index (χ2v) is 11.5. The number of aryl methyl sites for hydroxylation is 1. The van der Waals surface area contributed by atoms with Crippen LogP contribution in [0, 0.1) is 16.3 Å². The van der Waals surface area contributed by atoms with Gasteiger partial charge < -0.3 is 0 Å². The van der Waals surface area contributed by atoms with E-state index in [4.69, 9.17) is 11.6 Å². The Bertz CT molecular complexity index is 1050. The SMILES string of the molecule is Cc1ccc([I-]N(c2ccc(F)c(O)c2)c2cc(C3CCCCCCCC3)[nH]n2)c(Cl)c1. The third-order valence-corrected chi connectivity index (χ3v) is 9.61. The zero-order valence-corrected chi connectivity index (χ0v) is 21.2. The Hall–Kier alpha value is -1.80. The summed E-state index contributed by atoms with van der Waals surface area (Å²) >= 11 is 5.76. The van der Waals surface area contributed by atoms with Crippen molar-refractivity contribution in [2.45, 2.75) is 64.2 Å². The number of phenols is 1. The molecule has 0 bridgehead atoms. The van der Waals surface area contributed by atoms with Crippen LogP contribution in [0.2, 0.25) is 5.02 Å². The first-order valence-electron chi connectivity index (χ1n) is 11.3. The molecule has 4 rings (SSSR count). The molecular weight excluding hydrogens is 540 g/mol. The number of rotatable bonds is 5.